The van der Waals surface area contributed by atoms with Crippen molar-refractivity contribution in [3.05, 3.63) is 124 Å². The van der Waals surface area contributed by atoms with Crippen molar-refractivity contribution in [2.45, 2.75) is 29.2 Å². The van der Waals surface area contributed by atoms with E-state index in [1.807, 2.05) is 78.9 Å². The second kappa shape index (κ2) is 12.0. The number of allylic oxidation sites excluding steroid dienone is 3. The molecule has 2 aliphatic rings. The van der Waals surface area contributed by atoms with Crippen LogP contribution in [-0.4, -0.2) is 17.9 Å². The fourth-order valence-corrected chi connectivity index (χ4v) is 5.89. The molecule has 1 aliphatic heterocycles. The van der Waals surface area contributed by atoms with E-state index in [0.717, 1.165) is 33.9 Å². The number of carbonyl (C=O) groups is 3. The number of thioether (sulfide) groups is 2. The van der Waals surface area contributed by atoms with Crippen molar-refractivity contribution in [2.75, 3.05) is 4.90 Å². The zero-order chi connectivity index (χ0) is 26.3. The number of carbonyl (C=O) groups excluding carboxylic acids is 3. The molecule has 0 saturated carbocycles. The molecule has 8 heteroatoms. The predicted octanol–water partition coefficient (Wildman–Crippen LogP) is 6.82. The molecule has 6 nitrogen and oxygen atoms in total. The van der Waals surface area contributed by atoms with Gasteiger partial charge in [-0.2, -0.15) is 0 Å². The third kappa shape index (κ3) is 6.10. The van der Waals surface area contributed by atoms with Gasteiger partial charge in [0.1, 0.15) is 6.61 Å². The Labute approximate surface area is 229 Å². The highest BCUT2D eigenvalue weighted by atomic mass is 32.2. The van der Waals surface area contributed by atoms with Crippen molar-refractivity contribution >= 4 is 47.1 Å². The molecule has 3 aromatic carbocycles. The summed E-state index contributed by atoms with van der Waals surface area (Å²) in [5.74, 6) is -0.723. The van der Waals surface area contributed by atoms with Crippen LogP contribution in [0.2, 0.25) is 0 Å². The van der Waals surface area contributed by atoms with Crippen LogP contribution in [0.15, 0.2) is 128 Å². The molecular formula is C30H24N2O4S2. The zero-order valence-electron chi connectivity index (χ0n) is 20.3. The smallest absolute Gasteiger partial charge is 0.411 e. The first-order valence-corrected chi connectivity index (χ1v) is 13.7. The van der Waals surface area contributed by atoms with Crippen molar-refractivity contribution in [3.8, 4) is 0 Å². The Kier molecular flexibility index (Phi) is 8.11. The topological polar surface area (TPSA) is 75.7 Å². The van der Waals surface area contributed by atoms with Crippen molar-refractivity contribution < 1.29 is 19.1 Å². The minimum absolute atomic E-state index is 0.0630. The van der Waals surface area contributed by atoms with Gasteiger partial charge < -0.3 is 4.74 Å². The maximum atomic E-state index is 13.5. The first kappa shape index (κ1) is 25.6. The standard InChI is InChI=1S/C30H24N2O4S2/c33-28-26(37-24-12-6-2-7-13-24)27(38-25-14-8-3-9-15-25)29(34)32(28)23-18-16-21(17-19-23)20-36-30(35)31-22-10-4-1-5-11-22/h2-4,6-19H,1,5,20H2,(H,31,35). The van der Waals surface area contributed by atoms with Gasteiger partial charge in [0.15, 0.2) is 0 Å². The summed E-state index contributed by atoms with van der Waals surface area (Å²) < 4.78 is 5.32. The van der Waals surface area contributed by atoms with Gasteiger partial charge in [0.2, 0.25) is 0 Å². The highest BCUT2D eigenvalue weighted by Crippen LogP contribution is 2.43. The summed E-state index contributed by atoms with van der Waals surface area (Å²) in [5, 5.41) is 2.71. The highest BCUT2D eigenvalue weighted by Gasteiger charge is 2.40. The Morgan fingerprint density at radius 2 is 1.37 bits per heavy atom. The molecule has 38 heavy (non-hydrogen) atoms. The molecule has 190 valence electrons. The summed E-state index contributed by atoms with van der Waals surface area (Å²) in [6, 6.07) is 25.9. The fraction of sp³-hybridized carbons (Fsp3) is 0.100. The van der Waals surface area contributed by atoms with Gasteiger partial charge in [-0.15, -0.1) is 0 Å². The Morgan fingerprint density at radius 1 is 0.789 bits per heavy atom. The van der Waals surface area contributed by atoms with Gasteiger partial charge in [0.05, 0.1) is 15.5 Å². The third-order valence-corrected chi connectivity index (χ3v) is 8.04. The number of nitrogens with zero attached hydrogens (tertiary/aromatic N) is 1. The average Bonchev–Trinajstić information content (AvgIpc) is 3.18. The molecule has 0 fully saturated rings. The lowest BCUT2D eigenvalue weighted by molar-refractivity contribution is -0.120. The number of imide groups is 1. The molecule has 0 bridgehead atoms. The summed E-state index contributed by atoms with van der Waals surface area (Å²) in [5.41, 5.74) is 1.92. The quantitative estimate of drug-likeness (QED) is 0.316. The van der Waals surface area contributed by atoms with E-state index in [2.05, 4.69) is 5.32 Å². The summed E-state index contributed by atoms with van der Waals surface area (Å²) in [6.07, 6.45) is 7.11. The molecule has 1 N–H and O–H groups in total. The summed E-state index contributed by atoms with van der Waals surface area (Å²) in [6.45, 7) is 0.0630. The molecule has 0 aromatic heterocycles. The van der Waals surface area contributed by atoms with Crippen LogP contribution >= 0.6 is 23.5 Å². The van der Waals surface area contributed by atoms with Crippen molar-refractivity contribution in [1.82, 2.24) is 5.32 Å². The molecule has 0 spiro atoms. The molecule has 5 rings (SSSR count). The highest BCUT2D eigenvalue weighted by molar-refractivity contribution is 8.08. The minimum Gasteiger partial charge on any atom is -0.444 e. The van der Waals surface area contributed by atoms with Crippen LogP contribution < -0.4 is 10.2 Å². The number of anilines is 1. The predicted molar refractivity (Wildman–Crippen MR) is 150 cm³/mol. The van der Waals surface area contributed by atoms with E-state index in [-0.39, 0.29) is 18.4 Å². The number of hydrogen-bond acceptors (Lipinski definition) is 6. The van der Waals surface area contributed by atoms with Crippen LogP contribution in [0.5, 0.6) is 0 Å². The Morgan fingerprint density at radius 3 is 1.89 bits per heavy atom. The number of rotatable bonds is 8. The van der Waals surface area contributed by atoms with Crippen molar-refractivity contribution in [1.29, 1.82) is 0 Å². The monoisotopic (exact) mass is 540 g/mol. The van der Waals surface area contributed by atoms with E-state index in [9.17, 15) is 14.4 Å². The van der Waals surface area contributed by atoms with Crippen LogP contribution in [-0.2, 0) is 20.9 Å². The SMILES string of the molecule is O=C(NC1=CCCC=C1)OCc1ccc(N2C(=O)C(Sc3ccccc3)=C(Sc3ccccc3)C2=O)cc1. The second-order valence-corrected chi connectivity index (χ2v) is 10.6. The zero-order valence-corrected chi connectivity index (χ0v) is 22.0. The fourth-order valence-electron chi connectivity index (χ4n) is 3.87. The number of amides is 3. The van der Waals surface area contributed by atoms with Crippen LogP contribution in [0.1, 0.15) is 18.4 Å². The van der Waals surface area contributed by atoms with E-state index in [0.29, 0.717) is 15.5 Å². The summed E-state index contributed by atoms with van der Waals surface area (Å²) in [4.78, 5) is 42.9. The minimum atomic E-state index is -0.536. The summed E-state index contributed by atoms with van der Waals surface area (Å²) >= 11 is 2.58. The third-order valence-electron chi connectivity index (χ3n) is 5.73. The maximum Gasteiger partial charge on any atom is 0.411 e. The Bertz CT molecular complexity index is 1370. The lowest BCUT2D eigenvalue weighted by Crippen LogP contribution is -2.31. The van der Waals surface area contributed by atoms with E-state index in [1.165, 1.54) is 28.4 Å². The Balaban J connectivity index is 1.30. The lowest BCUT2D eigenvalue weighted by atomic mass is 10.1. The van der Waals surface area contributed by atoms with Gasteiger partial charge in [0.25, 0.3) is 11.8 Å². The molecule has 0 saturated heterocycles. The molecule has 1 heterocycles. The molecule has 1 aliphatic carbocycles. The van der Waals surface area contributed by atoms with Gasteiger partial charge in [-0.05, 0) is 60.9 Å². The van der Waals surface area contributed by atoms with E-state index >= 15 is 0 Å². The molecule has 0 radical (unpaired) electrons. The largest absolute Gasteiger partial charge is 0.444 e. The van der Waals surface area contributed by atoms with Crippen LogP contribution in [0.4, 0.5) is 10.5 Å². The van der Waals surface area contributed by atoms with Crippen LogP contribution in [0.3, 0.4) is 0 Å². The maximum absolute atomic E-state index is 13.5. The number of nitrogens with one attached hydrogen (secondary N) is 1. The van der Waals surface area contributed by atoms with Crippen molar-refractivity contribution in [3.63, 3.8) is 0 Å². The molecule has 0 unspecified atom stereocenters. The summed E-state index contributed by atoms with van der Waals surface area (Å²) in [7, 11) is 0. The number of benzene rings is 3. The van der Waals surface area contributed by atoms with Gasteiger partial charge in [0, 0.05) is 15.5 Å². The molecule has 3 aromatic rings. The van der Waals surface area contributed by atoms with Crippen molar-refractivity contribution in [2.24, 2.45) is 0 Å². The van der Waals surface area contributed by atoms with Gasteiger partial charge in [-0.1, -0.05) is 84.2 Å². The van der Waals surface area contributed by atoms with Gasteiger partial charge in [-0.3, -0.25) is 14.9 Å². The normalized spacial score (nSPS) is 15.1. The van der Waals surface area contributed by atoms with E-state index < -0.39 is 6.09 Å². The Hall–Kier alpha value is -4.01. The van der Waals surface area contributed by atoms with E-state index in [4.69, 9.17) is 4.74 Å². The average molecular weight is 541 g/mol. The van der Waals surface area contributed by atoms with Crippen LogP contribution in [0.25, 0.3) is 0 Å². The van der Waals surface area contributed by atoms with Crippen LogP contribution in [0, 0.1) is 0 Å². The second-order valence-electron chi connectivity index (χ2n) is 8.44. The van der Waals surface area contributed by atoms with E-state index in [1.54, 1.807) is 24.3 Å². The van der Waals surface area contributed by atoms with Gasteiger partial charge >= 0.3 is 6.09 Å². The lowest BCUT2D eigenvalue weighted by Gasteiger charge is -2.16. The first-order valence-electron chi connectivity index (χ1n) is 12.1. The number of hydrogen-bond donors (Lipinski definition) is 1. The first-order chi connectivity index (χ1) is 18.6. The molecule has 0 atom stereocenters. The molecular weight excluding hydrogens is 516 g/mol. The number of ether oxygens (including phenoxy) is 1. The van der Waals surface area contributed by atoms with Gasteiger partial charge in [-0.25, -0.2) is 9.69 Å². The molecule has 3 amide bonds. The number of alkyl carbamates (subject to hydrolysis) is 1.